The summed E-state index contributed by atoms with van der Waals surface area (Å²) in [5.74, 6) is 0.0699. The molecule has 2 aromatic heterocycles. The molecule has 7 heteroatoms. The van der Waals surface area contributed by atoms with Crippen LogP contribution in [0.25, 0.3) is 0 Å². The van der Waals surface area contributed by atoms with Crippen molar-refractivity contribution >= 4 is 17.5 Å². The average molecular weight is 308 g/mol. The minimum Gasteiger partial charge on any atom is -0.334 e. The van der Waals surface area contributed by atoms with E-state index in [-0.39, 0.29) is 18.5 Å². The number of hydrogen-bond donors (Lipinski definition) is 0. The summed E-state index contributed by atoms with van der Waals surface area (Å²) in [6, 6.07) is 1.84. The van der Waals surface area contributed by atoms with Crippen LogP contribution >= 0.6 is 11.6 Å². The first-order chi connectivity index (χ1) is 10.1. The Balaban J connectivity index is 1.83. The minimum atomic E-state index is 0.0225. The smallest absolute Gasteiger partial charge is 0.244 e. The van der Waals surface area contributed by atoms with E-state index in [1.165, 1.54) is 0 Å². The van der Waals surface area contributed by atoms with Gasteiger partial charge in [0.25, 0.3) is 0 Å². The number of carbonyl (C=O) groups excluding carboxylic acids is 1. The van der Waals surface area contributed by atoms with Crippen molar-refractivity contribution in [3.05, 3.63) is 34.9 Å². The second-order valence-corrected chi connectivity index (χ2v) is 5.72. The number of rotatable bonds is 3. The second kappa shape index (κ2) is 5.52. The maximum atomic E-state index is 12.5. The van der Waals surface area contributed by atoms with Crippen LogP contribution in [0.5, 0.6) is 0 Å². The molecule has 2 aromatic rings. The summed E-state index contributed by atoms with van der Waals surface area (Å²) < 4.78 is 3.32. The summed E-state index contributed by atoms with van der Waals surface area (Å²) in [5.41, 5.74) is 1.87. The molecule has 0 spiro atoms. The Bertz CT molecular complexity index is 649. The zero-order valence-corrected chi connectivity index (χ0v) is 12.9. The molecule has 3 rings (SSSR count). The standard InChI is InChI=1S/C14H18ClN5O/c1-10-13(14(15)18(2)17-10)11-5-3-8-20(11)12(21)9-19-7-4-6-16-19/h4,6-7,11H,3,5,8-9H2,1-2H3/t11-/m1/s1. The summed E-state index contributed by atoms with van der Waals surface area (Å²) in [6.07, 6.45) is 5.39. The van der Waals surface area contributed by atoms with Gasteiger partial charge in [-0.3, -0.25) is 14.2 Å². The molecule has 0 bridgehead atoms. The molecule has 1 fully saturated rings. The van der Waals surface area contributed by atoms with Crippen LogP contribution in [0.2, 0.25) is 5.15 Å². The average Bonchev–Trinajstić information content (AvgIpc) is 3.13. The molecule has 0 unspecified atom stereocenters. The highest BCUT2D eigenvalue weighted by Crippen LogP contribution is 2.37. The van der Waals surface area contributed by atoms with Crippen molar-refractivity contribution in [2.75, 3.05) is 6.54 Å². The van der Waals surface area contributed by atoms with E-state index < -0.39 is 0 Å². The first kappa shape index (κ1) is 14.1. The molecule has 0 saturated carbocycles. The van der Waals surface area contributed by atoms with E-state index >= 15 is 0 Å². The molecule has 0 N–H and O–H groups in total. The summed E-state index contributed by atoms with van der Waals surface area (Å²) in [4.78, 5) is 14.4. The molecule has 0 aromatic carbocycles. The SMILES string of the molecule is Cc1nn(C)c(Cl)c1[C@H]1CCCN1C(=O)Cn1cccn1. The van der Waals surface area contributed by atoms with Crippen LogP contribution in [-0.4, -0.2) is 36.9 Å². The van der Waals surface area contributed by atoms with Gasteiger partial charge in [0.1, 0.15) is 11.7 Å². The van der Waals surface area contributed by atoms with Crippen molar-refractivity contribution in [2.24, 2.45) is 7.05 Å². The lowest BCUT2D eigenvalue weighted by Gasteiger charge is -2.25. The fourth-order valence-corrected chi connectivity index (χ4v) is 3.31. The van der Waals surface area contributed by atoms with Crippen molar-refractivity contribution in [3.8, 4) is 0 Å². The number of nitrogens with zero attached hydrogens (tertiary/aromatic N) is 5. The monoisotopic (exact) mass is 307 g/mol. The van der Waals surface area contributed by atoms with Gasteiger partial charge in [-0.05, 0) is 25.8 Å². The molecule has 1 amide bonds. The molecule has 112 valence electrons. The van der Waals surface area contributed by atoms with Gasteiger partial charge in [0, 0.05) is 31.5 Å². The normalized spacial score (nSPS) is 18.4. The predicted octanol–water partition coefficient (Wildman–Crippen LogP) is 1.94. The van der Waals surface area contributed by atoms with Crippen molar-refractivity contribution in [2.45, 2.75) is 32.4 Å². The molecular formula is C14H18ClN5O. The summed E-state index contributed by atoms with van der Waals surface area (Å²) in [7, 11) is 1.82. The lowest BCUT2D eigenvalue weighted by molar-refractivity contribution is -0.133. The van der Waals surface area contributed by atoms with Gasteiger partial charge in [0.15, 0.2) is 0 Å². The van der Waals surface area contributed by atoms with E-state index in [0.29, 0.717) is 5.15 Å². The first-order valence-corrected chi connectivity index (χ1v) is 7.41. The van der Waals surface area contributed by atoms with Crippen LogP contribution < -0.4 is 0 Å². The topological polar surface area (TPSA) is 56.0 Å². The number of likely N-dealkylation sites (tertiary alicyclic amines) is 1. The van der Waals surface area contributed by atoms with Gasteiger partial charge >= 0.3 is 0 Å². The highest BCUT2D eigenvalue weighted by Gasteiger charge is 2.34. The number of halogens is 1. The molecule has 1 atom stereocenters. The molecule has 1 aliphatic rings. The predicted molar refractivity (Wildman–Crippen MR) is 78.9 cm³/mol. The second-order valence-electron chi connectivity index (χ2n) is 5.36. The number of carbonyl (C=O) groups is 1. The van der Waals surface area contributed by atoms with E-state index in [2.05, 4.69) is 10.2 Å². The lowest BCUT2D eigenvalue weighted by atomic mass is 10.1. The number of hydrogen-bond acceptors (Lipinski definition) is 3. The van der Waals surface area contributed by atoms with E-state index in [9.17, 15) is 4.79 Å². The van der Waals surface area contributed by atoms with E-state index in [4.69, 9.17) is 11.6 Å². The van der Waals surface area contributed by atoms with Gasteiger partial charge in [-0.1, -0.05) is 11.6 Å². The molecule has 0 radical (unpaired) electrons. The molecule has 1 saturated heterocycles. The molecule has 3 heterocycles. The zero-order chi connectivity index (χ0) is 15.0. The first-order valence-electron chi connectivity index (χ1n) is 7.04. The zero-order valence-electron chi connectivity index (χ0n) is 12.2. The fraction of sp³-hybridized carbons (Fsp3) is 0.500. The van der Waals surface area contributed by atoms with Crippen LogP contribution in [0.15, 0.2) is 18.5 Å². The maximum Gasteiger partial charge on any atom is 0.244 e. The molecule has 0 aliphatic carbocycles. The van der Waals surface area contributed by atoms with Crippen molar-refractivity contribution in [1.29, 1.82) is 0 Å². The molecule has 1 aliphatic heterocycles. The van der Waals surface area contributed by atoms with Gasteiger partial charge in [0.05, 0.1) is 11.7 Å². The number of aryl methyl sites for hydroxylation is 2. The number of amides is 1. The van der Waals surface area contributed by atoms with Gasteiger partial charge in [-0.25, -0.2) is 0 Å². The molecule has 6 nitrogen and oxygen atoms in total. The molecule has 21 heavy (non-hydrogen) atoms. The fourth-order valence-electron chi connectivity index (χ4n) is 3.01. The quantitative estimate of drug-likeness (QED) is 0.871. The Morgan fingerprint density at radius 1 is 1.52 bits per heavy atom. The van der Waals surface area contributed by atoms with Gasteiger partial charge < -0.3 is 4.90 Å². The third kappa shape index (κ3) is 2.55. The van der Waals surface area contributed by atoms with Gasteiger partial charge in [-0.15, -0.1) is 0 Å². The van der Waals surface area contributed by atoms with Crippen LogP contribution in [0.3, 0.4) is 0 Å². The van der Waals surface area contributed by atoms with Crippen molar-refractivity contribution < 1.29 is 4.79 Å². The summed E-state index contributed by atoms with van der Waals surface area (Å²) in [6.45, 7) is 2.96. The Labute approximate surface area is 128 Å². The van der Waals surface area contributed by atoms with Crippen LogP contribution in [0.4, 0.5) is 0 Å². The highest BCUT2D eigenvalue weighted by atomic mass is 35.5. The van der Waals surface area contributed by atoms with E-state index in [1.54, 1.807) is 21.8 Å². The Morgan fingerprint density at radius 3 is 2.95 bits per heavy atom. The largest absolute Gasteiger partial charge is 0.334 e. The Kier molecular flexibility index (Phi) is 3.71. The van der Waals surface area contributed by atoms with Crippen molar-refractivity contribution in [3.63, 3.8) is 0 Å². The maximum absolute atomic E-state index is 12.5. The van der Waals surface area contributed by atoms with Crippen LogP contribution in [0, 0.1) is 6.92 Å². The van der Waals surface area contributed by atoms with E-state index in [0.717, 1.165) is 30.6 Å². The highest BCUT2D eigenvalue weighted by molar-refractivity contribution is 6.30. The Morgan fingerprint density at radius 2 is 2.33 bits per heavy atom. The van der Waals surface area contributed by atoms with Gasteiger partial charge in [-0.2, -0.15) is 10.2 Å². The van der Waals surface area contributed by atoms with Crippen molar-refractivity contribution in [1.82, 2.24) is 24.5 Å². The van der Waals surface area contributed by atoms with Crippen LogP contribution in [-0.2, 0) is 18.4 Å². The van der Waals surface area contributed by atoms with E-state index in [1.807, 2.05) is 24.9 Å². The lowest BCUT2D eigenvalue weighted by Crippen LogP contribution is -2.33. The van der Waals surface area contributed by atoms with Crippen LogP contribution in [0.1, 0.15) is 30.1 Å². The number of aromatic nitrogens is 4. The third-order valence-corrected chi connectivity index (χ3v) is 4.41. The molecular weight excluding hydrogens is 290 g/mol. The third-order valence-electron chi connectivity index (χ3n) is 3.96. The Hall–Kier alpha value is -1.82. The van der Waals surface area contributed by atoms with Gasteiger partial charge in [0.2, 0.25) is 5.91 Å². The summed E-state index contributed by atoms with van der Waals surface area (Å²) >= 11 is 6.35. The minimum absolute atomic E-state index is 0.0225. The summed E-state index contributed by atoms with van der Waals surface area (Å²) in [5, 5.41) is 9.07.